The number of nitriles is 1. The van der Waals surface area contributed by atoms with Crippen LogP contribution in [-0.2, 0) is 4.74 Å². The highest BCUT2D eigenvalue weighted by Gasteiger charge is 2.24. The van der Waals surface area contributed by atoms with Crippen LogP contribution in [0.15, 0.2) is 0 Å². The Kier molecular flexibility index (Phi) is 5.07. The molecule has 1 heterocycles. The van der Waals surface area contributed by atoms with Crippen molar-refractivity contribution in [3.63, 3.8) is 0 Å². The minimum absolute atomic E-state index is 0.225. The van der Waals surface area contributed by atoms with Crippen LogP contribution in [0.2, 0.25) is 0 Å². The zero-order valence-corrected chi connectivity index (χ0v) is 13.3. The number of nitrogens with zero attached hydrogens (tertiary/aromatic N) is 1. The molecule has 0 amide bonds. The molecule has 0 saturated heterocycles. The zero-order valence-electron chi connectivity index (χ0n) is 12.4. The molecular formula is C15H21N3O2S. The van der Waals surface area contributed by atoms with Gasteiger partial charge < -0.3 is 15.8 Å². The molecule has 1 aliphatic carbocycles. The number of hydrogen-bond acceptors (Lipinski definition) is 6. The van der Waals surface area contributed by atoms with E-state index in [1.165, 1.54) is 30.6 Å². The van der Waals surface area contributed by atoms with Crippen LogP contribution in [0.3, 0.4) is 0 Å². The van der Waals surface area contributed by atoms with Gasteiger partial charge in [-0.3, -0.25) is 0 Å². The number of ether oxygens (including phenoxy) is 1. The number of nitrogen functional groups attached to an aromatic ring is 1. The number of rotatable bonds is 5. The number of esters is 1. The third kappa shape index (κ3) is 3.48. The Hall–Kier alpha value is -1.74. The minimum atomic E-state index is -0.459. The number of nitrogens with one attached hydrogen (secondary N) is 1. The third-order valence-corrected chi connectivity index (χ3v) is 5.02. The first-order valence-electron chi connectivity index (χ1n) is 7.30. The number of nitrogens with two attached hydrogens (primary N) is 1. The molecule has 6 heteroatoms. The van der Waals surface area contributed by atoms with Crippen LogP contribution in [0.25, 0.3) is 0 Å². The summed E-state index contributed by atoms with van der Waals surface area (Å²) in [4.78, 5) is 12.1. The summed E-state index contributed by atoms with van der Waals surface area (Å²) in [7, 11) is 0. The molecule has 21 heavy (non-hydrogen) atoms. The quantitative estimate of drug-likeness (QED) is 0.815. The predicted octanol–water partition coefficient (Wildman–Crippen LogP) is 3.23. The average molecular weight is 307 g/mol. The largest absolute Gasteiger partial charge is 0.462 e. The number of hydrogen-bond donors (Lipinski definition) is 2. The SMILES string of the molecule is CCOC(=O)c1sc(NCC2CCC(C)C2)c(C#N)c1N. The molecule has 5 nitrogen and oxygen atoms in total. The number of carbonyl (C=O) groups excluding carboxylic acids is 1. The van der Waals surface area contributed by atoms with E-state index in [-0.39, 0.29) is 5.69 Å². The van der Waals surface area contributed by atoms with Crippen molar-refractivity contribution in [3.8, 4) is 6.07 Å². The number of thiophene rings is 1. The van der Waals surface area contributed by atoms with E-state index in [4.69, 9.17) is 10.5 Å². The summed E-state index contributed by atoms with van der Waals surface area (Å²) in [6.07, 6.45) is 3.68. The summed E-state index contributed by atoms with van der Waals surface area (Å²) in [6, 6.07) is 2.08. The van der Waals surface area contributed by atoms with Gasteiger partial charge in [0.1, 0.15) is 21.5 Å². The fraction of sp³-hybridized carbons (Fsp3) is 0.600. The van der Waals surface area contributed by atoms with Crippen LogP contribution >= 0.6 is 11.3 Å². The fourth-order valence-corrected chi connectivity index (χ4v) is 3.75. The van der Waals surface area contributed by atoms with Crippen LogP contribution in [-0.4, -0.2) is 19.1 Å². The number of anilines is 2. The van der Waals surface area contributed by atoms with E-state index in [0.29, 0.717) is 28.0 Å². The number of carbonyl (C=O) groups is 1. The molecular weight excluding hydrogens is 286 g/mol. The third-order valence-electron chi connectivity index (χ3n) is 3.87. The summed E-state index contributed by atoms with van der Waals surface area (Å²) in [5, 5.41) is 13.2. The Morgan fingerprint density at radius 3 is 2.90 bits per heavy atom. The highest BCUT2D eigenvalue weighted by Crippen LogP contribution is 2.37. The van der Waals surface area contributed by atoms with Gasteiger partial charge >= 0.3 is 5.97 Å². The first kappa shape index (κ1) is 15.6. The van der Waals surface area contributed by atoms with Crippen molar-refractivity contribution in [1.82, 2.24) is 0 Å². The topological polar surface area (TPSA) is 88.1 Å². The van der Waals surface area contributed by atoms with Crippen LogP contribution in [0.1, 0.15) is 48.3 Å². The molecule has 0 bridgehead atoms. The second kappa shape index (κ2) is 6.81. The Labute approximate surface area is 129 Å². The molecule has 1 aromatic rings. The van der Waals surface area contributed by atoms with Crippen molar-refractivity contribution in [2.24, 2.45) is 11.8 Å². The van der Waals surface area contributed by atoms with E-state index in [2.05, 4.69) is 18.3 Å². The van der Waals surface area contributed by atoms with Gasteiger partial charge in [0.15, 0.2) is 0 Å². The van der Waals surface area contributed by atoms with Crippen molar-refractivity contribution < 1.29 is 9.53 Å². The summed E-state index contributed by atoms with van der Waals surface area (Å²) >= 11 is 1.21. The summed E-state index contributed by atoms with van der Waals surface area (Å²) in [5.41, 5.74) is 6.48. The van der Waals surface area contributed by atoms with Gasteiger partial charge in [0, 0.05) is 6.54 Å². The lowest BCUT2D eigenvalue weighted by Crippen LogP contribution is -2.11. The van der Waals surface area contributed by atoms with Crippen molar-refractivity contribution in [2.45, 2.75) is 33.1 Å². The molecule has 2 unspecified atom stereocenters. The van der Waals surface area contributed by atoms with E-state index in [1.807, 2.05) is 0 Å². The standard InChI is InChI=1S/C15H21N3O2S/c1-3-20-15(19)13-12(17)11(7-16)14(21-13)18-8-10-5-4-9(2)6-10/h9-10,18H,3-6,8,17H2,1-2H3. The second-order valence-electron chi connectivity index (χ2n) is 5.55. The van der Waals surface area contributed by atoms with E-state index in [1.54, 1.807) is 6.92 Å². The summed E-state index contributed by atoms with van der Waals surface area (Å²) in [5.74, 6) is 0.940. The maximum absolute atomic E-state index is 11.8. The molecule has 2 rings (SSSR count). The second-order valence-corrected chi connectivity index (χ2v) is 6.57. The van der Waals surface area contributed by atoms with Crippen molar-refractivity contribution >= 4 is 28.0 Å². The van der Waals surface area contributed by atoms with Gasteiger partial charge in [-0.1, -0.05) is 13.3 Å². The molecule has 114 valence electrons. The van der Waals surface area contributed by atoms with Crippen LogP contribution < -0.4 is 11.1 Å². The lowest BCUT2D eigenvalue weighted by Gasteiger charge is -2.11. The first-order chi connectivity index (χ1) is 10.1. The molecule has 3 N–H and O–H groups in total. The van der Waals surface area contributed by atoms with Crippen LogP contribution in [0, 0.1) is 23.2 Å². The van der Waals surface area contributed by atoms with Gasteiger partial charge in [-0.2, -0.15) is 5.26 Å². The predicted molar refractivity (Wildman–Crippen MR) is 84.4 cm³/mol. The molecule has 0 aromatic carbocycles. The van der Waals surface area contributed by atoms with E-state index < -0.39 is 5.97 Å². The molecule has 2 atom stereocenters. The Morgan fingerprint density at radius 1 is 1.57 bits per heavy atom. The van der Waals surface area contributed by atoms with Crippen molar-refractivity contribution in [2.75, 3.05) is 24.2 Å². The van der Waals surface area contributed by atoms with Gasteiger partial charge in [0.25, 0.3) is 0 Å². The van der Waals surface area contributed by atoms with Crippen molar-refractivity contribution in [3.05, 3.63) is 10.4 Å². The van der Waals surface area contributed by atoms with E-state index in [9.17, 15) is 10.1 Å². The van der Waals surface area contributed by atoms with Gasteiger partial charge in [0.05, 0.1) is 12.3 Å². The van der Waals surface area contributed by atoms with Gasteiger partial charge in [-0.05, 0) is 31.6 Å². The molecule has 0 radical (unpaired) electrons. The molecule has 0 spiro atoms. The minimum Gasteiger partial charge on any atom is -0.462 e. The Balaban J connectivity index is 2.10. The highest BCUT2D eigenvalue weighted by atomic mass is 32.1. The van der Waals surface area contributed by atoms with Crippen molar-refractivity contribution in [1.29, 1.82) is 5.26 Å². The summed E-state index contributed by atoms with van der Waals surface area (Å²) in [6.45, 7) is 5.12. The molecule has 1 saturated carbocycles. The van der Waals surface area contributed by atoms with Crippen LogP contribution in [0.5, 0.6) is 0 Å². The molecule has 1 aliphatic rings. The maximum atomic E-state index is 11.8. The van der Waals surface area contributed by atoms with Gasteiger partial charge in [-0.15, -0.1) is 11.3 Å². The lowest BCUT2D eigenvalue weighted by molar-refractivity contribution is 0.0533. The molecule has 1 fully saturated rings. The average Bonchev–Trinajstić information content (AvgIpc) is 3.00. The normalized spacial score (nSPS) is 21.0. The smallest absolute Gasteiger partial charge is 0.350 e. The fourth-order valence-electron chi connectivity index (χ4n) is 2.78. The zero-order chi connectivity index (χ0) is 15.4. The Bertz CT molecular complexity index is 562. The van der Waals surface area contributed by atoms with E-state index in [0.717, 1.165) is 12.5 Å². The van der Waals surface area contributed by atoms with Crippen LogP contribution in [0.4, 0.5) is 10.7 Å². The lowest BCUT2D eigenvalue weighted by atomic mass is 10.1. The molecule has 1 aromatic heterocycles. The van der Waals surface area contributed by atoms with Gasteiger partial charge in [0.2, 0.25) is 0 Å². The first-order valence-corrected chi connectivity index (χ1v) is 8.11. The maximum Gasteiger partial charge on any atom is 0.350 e. The van der Waals surface area contributed by atoms with E-state index >= 15 is 0 Å². The van der Waals surface area contributed by atoms with Gasteiger partial charge in [-0.25, -0.2) is 4.79 Å². The molecule has 0 aliphatic heterocycles. The summed E-state index contributed by atoms with van der Waals surface area (Å²) < 4.78 is 4.97. The Morgan fingerprint density at radius 2 is 2.33 bits per heavy atom. The highest BCUT2D eigenvalue weighted by molar-refractivity contribution is 7.18. The monoisotopic (exact) mass is 307 g/mol.